The molecule has 0 spiro atoms. The average molecular weight is 289 g/mol. The Bertz CT molecular complexity index is 629. The Kier molecular flexibility index (Phi) is 3.61. The van der Waals surface area contributed by atoms with E-state index in [1.807, 2.05) is 11.8 Å². The third-order valence-corrected chi connectivity index (χ3v) is 4.82. The number of hydrogen-bond acceptors (Lipinski definition) is 4. The van der Waals surface area contributed by atoms with E-state index >= 15 is 0 Å². The minimum atomic E-state index is 0.254. The van der Waals surface area contributed by atoms with Gasteiger partial charge in [0.25, 0.3) is 0 Å². The van der Waals surface area contributed by atoms with E-state index in [2.05, 4.69) is 30.0 Å². The van der Waals surface area contributed by atoms with Crippen molar-refractivity contribution >= 4 is 32.6 Å². The number of rotatable bonds is 2. The van der Waals surface area contributed by atoms with Gasteiger partial charge in [-0.05, 0) is 24.6 Å². The van der Waals surface area contributed by atoms with Gasteiger partial charge in [0.2, 0.25) is 5.91 Å². The van der Waals surface area contributed by atoms with Crippen molar-refractivity contribution in [1.29, 1.82) is 0 Å². The zero-order valence-corrected chi connectivity index (χ0v) is 12.7. The first-order chi connectivity index (χ1) is 9.67. The lowest BCUT2D eigenvalue weighted by atomic mass is 10.2. The number of carbonyl (C=O) groups excluding carboxylic acids is 1. The number of nitrogens with zero attached hydrogens (tertiary/aromatic N) is 3. The second-order valence-electron chi connectivity index (χ2n) is 5.19. The fourth-order valence-electron chi connectivity index (χ4n) is 2.53. The first-order valence-electron chi connectivity index (χ1n) is 7.07. The van der Waals surface area contributed by atoms with Crippen LogP contribution in [-0.2, 0) is 4.79 Å². The summed E-state index contributed by atoms with van der Waals surface area (Å²) in [5.74, 6) is 0.254. The van der Waals surface area contributed by atoms with Gasteiger partial charge in [-0.2, -0.15) is 0 Å². The van der Waals surface area contributed by atoms with Crippen LogP contribution in [0.1, 0.15) is 18.9 Å². The maximum Gasteiger partial charge on any atom is 0.222 e. The second-order valence-corrected chi connectivity index (χ2v) is 6.20. The molecule has 0 bridgehead atoms. The van der Waals surface area contributed by atoms with Crippen molar-refractivity contribution in [2.45, 2.75) is 20.3 Å². The Morgan fingerprint density at radius 2 is 2.05 bits per heavy atom. The molecule has 0 aliphatic carbocycles. The molecule has 0 atom stereocenters. The molecule has 1 fully saturated rings. The number of carbonyl (C=O) groups is 1. The number of benzene rings is 1. The number of amides is 1. The molecule has 2 aromatic rings. The van der Waals surface area contributed by atoms with Crippen LogP contribution < -0.4 is 4.90 Å². The molecule has 0 saturated carbocycles. The van der Waals surface area contributed by atoms with Gasteiger partial charge in [-0.3, -0.25) is 4.79 Å². The topological polar surface area (TPSA) is 36.4 Å². The number of thiazole rings is 1. The van der Waals surface area contributed by atoms with Gasteiger partial charge < -0.3 is 9.80 Å². The molecule has 20 heavy (non-hydrogen) atoms. The lowest BCUT2D eigenvalue weighted by Gasteiger charge is -2.34. The molecule has 1 saturated heterocycles. The number of anilines is 1. The second kappa shape index (κ2) is 5.40. The zero-order valence-electron chi connectivity index (χ0n) is 11.9. The lowest BCUT2D eigenvalue weighted by Crippen LogP contribution is -2.48. The molecule has 1 aromatic carbocycles. The van der Waals surface area contributed by atoms with Crippen LogP contribution in [0.2, 0.25) is 0 Å². The van der Waals surface area contributed by atoms with Crippen molar-refractivity contribution in [2.75, 3.05) is 31.1 Å². The van der Waals surface area contributed by atoms with E-state index in [1.165, 1.54) is 10.3 Å². The molecular formula is C15H19N3OS. The van der Waals surface area contributed by atoms with Gasteiger partial charge in [0, 0.05) is 32.6 Å². The van der Waals surface area contributed by atoms with E-state index in [9.17, 15) is 4.79 Å². The van der Waals surface area contributed by atoms with Crippen molar-refractivity contribution in [3.63, 3.8) is 0 Å². The fraction of sp³-hybridized carbons (Fsp3) is 0.467. The van der Waals surface area contributed by atoms with Crippen LogP contribution in [0.4, 0.5) is 5.13 Å². The molecule has 1 aliphatic heterocycles. The van der Waals surface area contributed by atoms with E-state index in [1.54, 1.807) is 11.3 Å². The van der Waals surface area contributed by atoms with Crippen molar-refractivity contribution in [1.82, 2.24) is 9.88 Å². The predicted molar refractivity (Wildman–Crippen MR) is 83.4 cm³/mol. The Hall–Kier alpha value is -1.62. The van der Waals surface area contributed by atoms with Crippen molar-refractivity contribution in [3.05, 3.63) is 23.8 Å². The highest BCUT2D eigenvalue weighted by atomic mass is 32.1. The summed E-state index contributed by atoms with van der Waals surface area (Å²) in [7, 11) is 0. The predicted octanol–water partition coefficient (Wildman–Crippen LogP) is 2.66. The molecular weight excluding hydrogens is 270 g/mol. The minimum absolute atomic E-state index is 0.254. The summed E-state index contributed by atoms with van der Waals surface area (Å²) in [5, 5.41) is 1.08. The van der Waals surface area contributed by atoms with Crippen LogP contribution in [0.5, 0.6) is 0 Å². The van der Waals surface area contributed by atoms with Crippen molar-refractivity contribution in [2.24, 2.45) is 0 Å². The van der Waals surface area contributed by atoms with Gasteiger partial charge in [-0.1, -0.05) is 24.3 Å². The molecule has 106 valence electrons. The molecule has 0 radical (unpaired) electrons. The monoisotopic (exact) mass is 289 g/mol. The van der Waals surface area contributed by atoms with Gasteiger partial charge in [0.1, 0.15) is 0 Å². The first kappa shape index (κ1) is 13.4. The summed E-state index contributed by atoms with van der Waals surface area (Å²) in [6.07, 6.45) is 0.598. The third-order valence-electron chi connectivity index (χ3n) is 3.74. The number of aromatic nitrogens is 1. The van der Waals surface area contributed by atoms with Crippen molar-refractivity contribution < 1.29 is 4.79 Å². The smallest absolute Gasteiger partial charge is 0.222 e. The van der Waals surface area contributed by atoms with Gasteiger partial charge >= 0.3 is 0 Å². The highest BCUT2D eigenvalue weighted by Crippen LogP contribution is 2.30. The summed E-state index contributed by atoms with van der Waals surface area (Å²) < 4.78 is 1.24. The van der Waals surface area contributed by atoms with E-state index in [4.69, 9.17) is 4.98 Å². The summed E-state index contributed by atoms with van der Waals surface area (Å²) in [6, 6.07) is 6.37. The maximum atomic E-state index is 11.7. The van der Waals surface area contributed by atoms with Crippen LogP contribution >= 0.6 is 11.3 Å². The number of piperazine rings is 1. The summed E-state index contributed by atoms with van der Waals surface area (Å²) in [6.45, 7) is 7.40. The molecule has 2 heterocycles. The Morgan fingerprint density at radius 3 is 2.75 bits per heavy atom. The van der Waals surface area contributed by atoms with Gasteiger partial charge in [0.05, 0.1) is 10.2 Å². The standard InChI is InChI=1S/C15H19N3OS/c1-3-14(19)17-6-8-18(9-7-17)15-16-12-5-4-11(2)10-13(12)20-15/h4-5,10H,3,6-9H2,1-2H3. The molecule has 1 aliphatic rings. The molecule has 4 nitrogen and oxygen atoms in total. The summed E-state index contributed by atoms with van der Waals surface area (Å²) in [5.41, 5.74) is 2.34. The van der Waals surface area contributed by atoms with Crippen LogP contribution in [0.3, 0.4) is 0 Å². The number of aryl methyl sites for hydroxylation is 1. The zero-order chi connectivity index (χ0) is 14.1. The molecule has 1 amide bonds. The van der Waals surface area contributed by atoms with E-state index in [0.717, 1.165) is 36.8 Å². The minimum Gasteiger partial charge on any atom is -0.345 e. The summed E-state index contributed by atoms with van der Waals surface area (Å²) in [4.78, 5) is 20.6. The van der Waals surface area contributed by atoms with Crippen molar-refractivity contribution in [3.8, 4) is 0 Å². The lowest BCUT2D eigenvalue weighted by molar-refractivity contribution is -0.131. The Labute approximate surface area is 123 Å². The quantitative estimate of drug-likeness (QED) is 0.853. The number of fused-ring (bicyclic) bond motifs is 1. The highest BCUT2D eigenvalue weighted by Gasteiger charge is 2.22. The van der Waals surface area contributed by atoms with Gasteiger partial charge in [0.15, 0.2) is 5.13 Å². The third kappa shape index (κ3) is 2.50. The molecule has 3 rings (SSSR count). The summed E-state index contributed by atoms with van der Waals surface area (Å²) >= 11 is 1.74. The van der Waals surface area contributed by atoms with Crippen LogP contribution in [-0.4, -0.2) is 42.0 Å². The van der Waals surface area contributed by atoms with Crippen LogP contribution in [0, 0.1) is 6.92 Å². The average Bonchev–Trinajstić information content (AvgIpc) is 2.89. The molecule has 1 aromatic heterocycles. The van der Waals surface area contributed by atoms with E-state index < -0.39 is 0 Å². The fourth-order valence-corrected chi connectivity index (χ4v) is 3.64. The highest BCUT2D eigenvalue weighted by molar-refractivity contribution is 7.22. The largest absolute Gasteiger partial charge is 0.345 e. The molecule has 0 N–H and O–H groups in total. The van der Waals surface area contributed by atoms with Gasteiger partial charge in [-0.25, -0.2) is 4.98 Å². The van der Waals surface area contributed by atoms with Crippen LogP contribution in [0.15, 0.2) is 18.2 Å². The molecule has 5 heteroatoms. The van der Waals surface area contributed by atoms with Crippen LogP contribution in [0.25, 0.3) is 10.2 Å². The van der Waals surface area contributed by atoms with E-state index in [0.29, 0.717) is 6.42 Å². The Morgan fingerprint density at radius 1 is 1.30 bits per heavy atom. The van der Waals surface area contributed by atoms with Gasteiger partial charge in [-0.15, -0.1) is 0 Å². The molecule has 0 unspecified atom stereocenters. The maximum absolute atomic E-state index is 11.7. The normalized spacial score (nSPS) is 15.9. The first-order valence-corrected chi connectivity index (χ1v) is 7.89. The Balaban J connectivity index is 1.75. The number of hydrogen-bond donors (Lipinski definition) is 0. The van der Waals surface area contributed by atoms with E-state index in [-0.39, 0.29) is 5.91 Å². The SMILES string of the molecule is CCC(=O)N1CCN(c2nc3ccc(C)cc3s2)CC1.